The summed E-state index contributed by atoms with van der Waals surface area (Å²) in [5.74, 6) is 0.964. The smallest absolute Gasteiger partial charge is 0.0113 e. The molecule has 0 radical (unpaired) electrons. The Kier molecular flexibility index (Phi) is 5.93. The van der Waals surface area contributed by atoms with Gasteiger partial charge >= 0.3 is 0 Å². The third-order valence-corrected chi connectivity index (χ3v) is 4.87. The van der Waals surface area contributed by atoms with Gasteiger partial charge in [0.25, 0.3) is 0 Å². The van der Waals surface area contributed by atoms with Crippen molar-refractivity contribution < 1.29 is 0 Å². The number of nitrogens with one attached hydrogen (secondary N) is 1. The lowest BCUT2D eigenvalue weighted by Gasteiger charge is -2.37. The molecule has 1 N–H and O–H groups in total. The van der Waals surface area contributed by atoms with E-state index in [1.807, 2.05) is 0 Å². The van der Waals surface area contributed by atoms with Crippen LogP contribution < -0.4 is 5.32 Å². The highest BCUT2D eigenvalue weighted by Crippen LogP contribution is 2.15. The molecular formula is C15H31N3. The Morgan fingerprint density at radius 2 is 2.00 bits per heavy atom. The Morgan fingerprint density at radius 1 is 1.22 bits per heavy atom. The Bertz CT molecular complexity index is 218. The van der Waals surface area contributed by atoms with E-state index in [0.717, 1.165) is 12.0 Å². The molecule has 18 heavy (non-hydrogen) atoms. The molecule has 0 saturated carbocycles. The molecule has 2 rings (SSSR count). The van der Waals surface area contributed by atoms with Gasteiger partial charge in [-0.25, -0.2) is 0 Å². The summed E-state index contributed by atoms with van der Waals surface area (Å²) in [6.07, 6.45) is 5.52. The van der Waals surface area contributed by atoms with E-state index >= 15 is 0 Å². The van der Waals surface area contributed by atoms with E-state index in [4.69, 9.17) is 0 Å². The maximum absolute atomic E-state index is 3.47. The zero-order valence-corrected chi connectivity index (χ0v) is 12.3. The summed E-state index contributed by atoms with van der Waals surface area (Å²) < 4.78 is 0. The van der Waals surface area contributed by atoms with Crippen LogP contribution in [0.5, 0.6) is 0 Å². The molecule has 0 spiro atoms. The molecule has 106 valence electrons. The van der Waals surface area contributed by atoms with E-state index in [1.165, 1.54) is 71.5 Å². The van der Waals surface area contributed by atoms with Crippen LogP contribution >= 0.6 is 0 Å². The van der Waals surface area contributed by atoms with Gasteiger partial charge in [-0.05, 0) is 58.2 Å². The third-order valence-electron chi connectivity index (χ3n) is 4.87. The highest BCUT2D eigenvalue weighted by Gasteiger charge is 2.20. The second kappa shape index (κ2) is 7.46. The fourth-order valence-corrected chi connectivity index (χ4v) is 3.25. The lowest BCUT2D eigenvalue weighted by Crippen LogP contribution is -2.49. The summed E-state index contributed by atoms with van der Waals surface area (Å²) in [6, 6.07) is 0.775. The molecule has 2 fully saturated rings. The van der Waals surface area contributed by atoms with E-state index < -0.39 is 0 Å². The second-order valence-electron chi connectivity index (χ2n) is 6.14. The molecule has 2 aliphatic heterocycles. The molecule has 2 heterocycles. The summed E-state index contributed by atoms with van der Waals surface area (Å²) in [5.41, 5.74) is 0. The van der Waals surface area contributed by atoms with Gasteiger partial charge in [-0.3, -0.25) is 4.90 Å². The first-order valence-electron chi connectivity index (χ1n) is 7.96. The zero-order chi connectivity index (χ0) is 12.8. The quantitative estimate of drug-likeness (QED) is 0.778. The third kappa shape index (κ3) is 4.22. The van der Waals surface area contributed by atoms with Crippen LogP contribution in [0.25, 0.3) is 0 Å². The molecule has 0 aromatic rings. The lowest BCUT2D eigenvalue weighted by atomic mass is 10.0. The maximum Gasteiger partial charge on any atom is 0.0113 e. The van der Waals surface area contributed by atoms with Crippen LogP contribution in [0.15, 0.2) is 0 Å². The topological polar surface area (TPSA) is 18.5 Å². The first-order valence-corrected chi connectivity index (χ1v) is 7.96. The van der Waals surface area contributed by atoms with Crippen molar-refractivity contribution in [1.29, 1.82) is 0 Å². The van der Waals surface area contributed by atoms with E-state index in [2.05, 4.69) is 29.0 Å². The van der Waals surface area contributed by atoms with E-state index in [9.17, 15) is 0 Å². The number of nitrogens with zero attached hydrogens (tertiary/aromatic N) is 2. The summed E-state index contributed by atoms with van der Waals surface area (Å²) in [7, 11) is 0. The Hall–Kier alpha value is -0.120. The van der Waals surface area contributed by atoms with E-state index in [0.29, 0.717) is 0 Å². The monoisotopic (exact) mass is 253 g/mol. The number of piperazine rings is 1. The number of rotatable bonds is 6. The minimum Gasteiger partial charge on any atom is -0.316 e. The van der Waals surface area contributed by atoms with Gasteiger partial charge in [-0.1, -0.05) is 6.92 Å². The van der Waals surface area contributed by atoms with Crippen molar-refractivity contribution in [3.8, 4) is 0 Å². The molecule has 2 atom stereocenters. The Morgan fingerprint density at radius 3 is 2.61 bits per heavy atom. The number of hydrogen-bond donors (Lipinski definition) is 1. The zero-order valence-electron chi connectivity index (χ0n) is 12.3. The van der Waals surface area contributed by atoms with Crippen LogP contribution in [0.2, 0.25) is 0 Å². The maximum atomic E-state index is 3.47. The van der Waals surface area contributed by atoms with Gasteiger partial charge in [0.05, 0.1) is 0 Å². The normalized spacial score (nSPS) is 28.7. The Balaban J connectivity index is 1.55. The fraction of sp³-hybridized carbons (Fsp3) is 1.00. The van der Waals surface area contributed by atoms with Crippen LogP contribution in [-0.2, 0) is 0 Å². The van der Waals surface area contributed by atoms with Crippen molar-refractivity contribution in [3.05, 3.63) is 0 Å². The van der Waals surface area contributed by atoms with Crippen LogP contribution in [-0.4, -0.2) is 61.7 Å². The molecule has 0 aromatic heterocycles. The van der Waals surface area contributed by atoms with Gasteiger partial charge in [0.15, 0.2) is 0 Å². The molecule has 2 saturated heterocycles. The molecule has 0 bridgehead atoms. The average molecular weight is 253 g/mol. The molecule has 0 aromatic carbocycles. The van der Waals surface area contributed by atoms with Crippen LogP contribution in [0, 0.1) is 5.92 Å². The van der Waals surface area contributed by atoms with Crippen LogP contribution in [0.1, 0.15) is 39.5 Å². The number of hydrogen-bond acceptors (Lipinski definition) is 3. The van der Waals surface area contributed by atoms with Gasteiger partial charge in [0.2, 0.25) is 0 Å². The largest absolute Gasteiger partial charge is 0.316 e. The highest BCUT2D eigenvalue weighted by atomic mass is 15.3. The summed E-state index contributed by atoms with van der Waals surface area (Å²) in [4.78, 5) is 5.32. The summed E-state index contributed by atoms with van der Waals surface area (Å²) >= 11 is 0. The van der Waals surface area contributed by atoms with E-state index in [-0.39, 0.29) is 0 Å². The average Bonchev–Trinajstić information content (AvgIpc) is 2.92. The fourth-order valence-electron chi connectivity index (χ4n) is 3.25. The molecule has 2 unspecified atom stereocenters. The van der Waals surface area contributed by atoms with Gasteiger partial charge < -0.3 is 10.2 Å². The summed E-state index contributed by atoms with van der Waals surface area (Å²) in [6.45, 7) is 13.6. The van der Waals surface area contributed by atoms with E-state index in [1.54, 1.807) is 0 Å². The molecule has 0 amide bonds. The highest BCUT2D eigenvalue weighted by molar-refractivity contribution is 4.76. The van der Waals surface area contributed by atoms with Crippen molar-refractivity contribution >= 4 is 0 Å². The minimum atomic E-state index is 0.775. The standard InChI is InChI=1S/C15H31N3/c1-3-14(2)18-11-9-17(10-12-18)8-4-5-15-6-7-16-13-15/h14-16H,3-13H2,1-2H3. The van der Waals surface area contributed by atoms with Crippen molar-refractivity contribution in [3.63, 3.8) is 0 Å². The Labute approximate surface area is 113 Å². The molecule has 3 heteroatoms. The van der Waals surface area contributed by atoms with Gasteiger partial charge in [0, 0.05) is 32.2 Å². The first-order chi connectivity index (χ1) is 8.79. The predicted molar refractivity (Wildman–Crippen MR) is 78.0 cm³/mol. The van der Waals surface area contributed by atoms with Crippen LogP contribution in [0.3, 0.4) is 0 Å². The minimum absolute atomic E-state index is 0.775. The van der Waals surface area contributed by atoms with Gasteiger partial charge in [-0.2, -0.15) is 0 Å². The van der Waals surface area contributed by atoms with Crippen molar-refractivity contribution in [2.75, 3.05) is 45.8 Å². The second-order valence-corrected chi connectivity index (χ2v) is 6.14. The molecule has 0 aliphatic carbocycles. The van der Waals surface area contributed by atoms with Crippen molar-refractivity contribution in [1.82, 2.24) is 15.1 Å². The first kappa shape index (κ1) is 14.3. The molecular weight excluding hydrogens is 222 g/mol. The van der Waals surface area contributed by atoms with Crippen molar-refractivity contribution in [2.45, 2.75) is 45.6 Å². The molecule has 3 nitrogen and oxygen atoms in total. The van der Waals surface area contributed by atoms with Gasteiger partial charge in [0.1, 0.15) is 0 Å². The SMILES string of the molecule is CCC(C)N1CCN(CCCC2CCNC2)CC1. The predicted octanol–water partition coefficient (Wildman–Crippen LogP) is 1.79. The van der Waals surface area contributed by atoms with Crippen LogP contribution in [0.4, 0.5) is 0 Å². The van der Waals surface area contributed by atoms with Gasteiger partial charge in [-0.15, -0.1) is 0 Å². The molecule has 2 aliphatic rings. The lowest BCUT2D eigenvalue weighted by molar-refractivity contribution is 0.0988. The van der Waals surface area contributed by atoms with Crippen molar-refractivity contribution in [2.24, 2.45) is 5.92 Å². The summed E-state index contributed by atoms with van der Waals surface area (Å²) in [5, 5.41) is 3.47.